The van der Waals surface area contributed by atoms with Crippen LogP contribution < -0.4 is 10.6 Å². The molecule has 26 heavy (non-hydrogen) atoms. The molecule has 2 aromatic rings. The van der Waals surface area contributed by atoms with Gasteiger partial charge in [-0.25, -0.2) is 9.78 Å². The molecule has 0 saturated heterocycles. The molecule has 1 aliphatic carbocycles. The molecule has 1 saturated carbocycles. The molecule has 0 spiro atoms. The Kier molecular flexibility index (Phi) is 5.15. The van der Waals surface area contributed by atoms with Crippen LogP contribution in [0, 0.1) is 0 Å². The van der Waals surface area contributed by atoms with Crippen molar-refractivity contribution in [3.05, 3.63) is 24.1 Å². The molecule has 0 atom stereocenters. The largest absolute Gasteiger partial charge is 0.444 e. The summed E-state index contributed by atoms with van der Waals surface area (Å²) in [6.45, 7) is 5.80. The highest BCUT2D eigenvalue weighted by atomic mass is 16.6. The molecule has 7 nitrogen and oxygen atoms in total. The highest BCUT2D eigenvalue weighted by Gasteiger charge is 2.28. The third kappa shape index (κ3) is 5.21. The van der Waals surface area contributed by atoms with Gasteiger partial charge >= 0.3 is 6.09 Å². The summed E-state index contributed by atoms with van der Waals surface area (Å²) >= 11 is 0. The quantitative estimate of drug-likeness (QED) is 0.762. The summed E-state index contributed by atoms with van der Waals surface area (Å²) < 4.78 is 10.9. The zero-order valence-corrected chi connectivity index (χ0v) is 15.4. The van der Waals surface area contributed by atoms with Crippen molar-refractivity contribution in [2.75, 3.05) is 11.9 Å². The number of aromatic nitrogens is 1. The molecule has 3 rings (SSSR count). The molecule has 0 unspecified atom stereocenters. The second-order valence-electron chi connectivity index (χ2n) is 7.59. The Morgan fingerprint density at radius 2 is 2.08 bits per heavy atom. The van der Waals surface area contributed by atoms with E-state index in [1.54, 1.807) is 26.8 Å². The van der Waals surface area contributed by atoms with Gasteiger partial charge < -0.3 is 19.8 Å². The van der Waals surface area contributed by atoms with Crippen molar-refractivity contribution in [3.8, 4) is 0 Å². The van der Waals surface area contributed by atoms with Crippen LogP contribution in [-0.2, 0) is 9.53 Å². The summed E-state index contributed by atoms with van der Waals surface area (Å²) in [6, 6.07) is 5.45. The monoisotopic (exact) mass is 359 g/mol. The van der Waals surface area contributed by atoms with E-state index in [4.69, 9.17) is 9.15 Å². The minimum atomic E-state index is -0.527. The van der Waals surface area contributed by atoms with Gasteiger partial charge in [0.15, 0.2) is 11.5 Å². The number of benzene rings is 1. The average molecular weight is 359 g/mol. The van der Waals surface area contributed by atoms with Crippen LogP contribution in [0.3, 0.4) is 0 Å². The van der Waals surface area contributed by atoms with Gasteiger partial charge in [0.05, 0.1) is 0 Å². The summed E-state index contributed by atoms with van der Waals surface area (Å²) in [5.41, 5.74) is 1.67. The fourth-order valence-corrected chi connectivity index (χ4v) is 2.50. The van der Waals surface area contributed by atoms with Gasteiger partial charge in [-0.15, -0.1) is 0 Å². The molecule has 140 valence electrons. The van der Waals surface area contributed by atoms with Crippen molar-refractivity contribution in [2.24, 2.45) is 0 Å². The van der Waals surface area contributed by atoms with Gasteiger partial charge in [0.2, 0.25) is 5.91 Å². The Hall–Kier alpha value is -2.57. The van der Waals surface area contributed by atoms with E-state index < -0.39 is 11.7 Å². The van der Waals surface area contributed by atoms with Crippen LogP contribution in [0.2, 0.25) is 0 Å². The lowest BCUT2D eigenvalue weighted by molar-refractivity contribution is -0.116. The second kappa shape index (κ2) is 7.35. The average Bonchev–Trinajstić information content (AvgIpc) is 3.30. The first-order valence-electron chi connectivity index (χ1n) is 8.97. The molecule has 7 heteroatoms. The third-order valence-electron chi connectivity index (χ3n) is 3.86. The number of hydrogen-bond donors (Lipinski definition) is 2. The van der Waals surface area contributed by atoms with Crippen molar-refractivity contribution >= 4 is 28.8 Å². The number of amides is 2. The SMILES string of the molecule is CC(C)(C)OC(=O)NCCCC(=O)Nc1ccc2oc(C3CC3)nc2c1. The van der Waals surface area contributed by atoms with Crippen molar-refractivity contribution in [1.82, 2.24) is 10.3 Å². The maximum atomic E-state index is 12.0. The maximum Gasteiger partial charge on any atom is 0.407 e. The number of oxazole rings is 1. The molecule has 0 aliphatic heterocycles. The number of carbonyl (C=O) groups excluding carboxylic acids is 2. The smallest absolute Gasteiger partial charge is 0.407 e. The predicted molar refractivity (Wildman–Crippen MR) is 98.1 cm³/mol. The molecular weight excluding hydrogens is 334 g/mol. The lowest BCUT2D eigenvalue weighted by Crippen LogP contribution is -2.33. The Morgan fingerprint density at radius 1 is 1.31 bits per heavy atom. The number of fused-ring (bicyclic) bond motifs is 1. The van der Waals surface area contributed by atoms with Crippen LogP contribution in [0.25, 0.3) is 11.1 Å². The summed E-state index contributed by atoms with van der Waals surface area (Å²) in [7, 11) is 0. The van der Waals surface area contributed by atoms with E-state index in [1.807, 2.05) is 12.1 Å². The number of hydrogen-bond acceptors (Lipinski definition) is 5. The Morgan fingerprint density at radius 3 is 2.77 bits per heavy atom. The molecule has 2 amide bonds. The van der Waals surface area contributed by atoms with Crippen LogP contribution >= 0.6 is 0 Å². The number of carbonyl (C=O) groups is 2. The van der Waals surface area contributed by atoms with E-state index in [9.17, 15) is 9.59 Å². The molecule has 1 heterocycles. The maximum absolute atomic E-state index is 12.0. The van der Waals surface area contributed by atoms with E-state index in [0.29, 0.717) is 31.0 Å². The fraction of sp³-hybridized carbons (Fsp3) is 0.526. The number of alkyl carbamates (subject to hydrolysis) is 1. The first kappa shape index (κ1) is 18.2. The third-order valence-corrected chi connectivity index (χ3v) is 3.86. The van der Waals surface area contributed by atoms with Crippen molar-refractivity contribution < 1.29 is 18.7 Å². The zero-order valence-electron chi connectivity index (χ0n) is 15.4. The number of nitrogens with zero attached hydrogens (tertiary/aromatic N) is 1. The minimum absolute atomic E-state index is 0.110. The molecule has 1 fully saturated rings. The van der Waals surface area contributed by atoms with E-state index in [2.05, 4.69) is 15.6 Å². The van der Waals surface area contributed by atoms with Gasteiger partial charge in [-0.3, -0.25) is 4.79 Å². The zero-order chi connectivity index (χ0) is 18.7. The second-order valence-corrected chi connectivity index (χ2v) is 7.59. The number of rotatable bonds is 6. The molecule has 1 aliphatic rings. The molecule has 1 aromatic carbocycles. The minimum Gasteiger partial charge on any atom is -0.444 e. The Bertz CT molecular complexity index is 803. The molecule has 1 aromatic heterocycles. The highest BCUT2D eigenvalue weighted by Crippen LogP contribution is 2.40. The van der Waals surface area contributed by atoms with Gasteiger partial charge in [0.25, 0.3) is 0 Å². The topological polar surface area (TPSA) is 93.5 Å². The fourth-order valence-electron chi connectivity index (χ4n) is 2.50. The lowest BCUT2D eigenvalue weighted by Gasteiger charge is -2.19. The van der Waals surface area contributed by atoms with Gasteiger partial charge in [-0.1, -0.05) is 0 Å². The Balaban J connectivity index is 1.43. The standard InChI is InChI=1S/C19H25N3O4/c1-19(2,3)26-18(24)20-10-4-5-16(23)21-13-8-9-15-14(11-13)22-17(25-15)12-6-7-12/h8-9,11-12H,4-7,10H2,1-3H3,(H,20,24)(H,21,23). The number of anilines is 1. The van der Waals surface area contributed by atoms with E-state index in [1.165, 1.54) is 0 Å². The first-order valence-corrected chi connectivity index (χ1v) is 8.97. The predicted octanol–water partition coefficient (Wildman–Crippen LogP) is 3.95. The first-order chi connectivity index (χ1) is 12.3. The van der Waals surface area contributed by atoms with Gasteiger partial charge in [-0.05, 0) is 58.2 Å². The highest BCUT2D eigenvalue weighted by molar-refractivity contribution is 5.92. The lowest BCUT2D eigenvalue weighted by atomic mass is 10.2. The Labute approximate surface area is 152 Å². The summed E-state index contributed by atoms with van der Waals surface area (Å²) in [5, 5.41) is 5.49. The van der Waals surface area contributed by atoms with E-state index >= 15 is 0 Å². The molecule has 2 N–H and O–H groups in total. The summed E-state index contributed by atoms with van der Waals surface area (Å²) in [4.78, 5) is 28.1. The number of nitrogens with one attached hydrogen (secondary N) is 2. The van der Waals surface area contributed by atoms with E-state index in [-0.39, 0.29) is 5.91 Å². The van der Waals surface area contributed by atoms with Crippen molar-refractivity contribution in [2.45, 2.75) is 58.0 Å². The summed E-state index contributed by atoms with van der Waals surface area (Å²) in [5.74, 6) is 1.14. The van der Waals surface area contributed by atoms with Crippen molar-refractivity contribution in [3.63, 3.8) is 0 Å². The van der Waals surface area contributed by atoms with Crippen LogP contribution in [0.5, 0.6) is 0 Å². The van der Waals surface area contributed by atoms with Crippen LogP contribution in [0.4, 0.5) is 10.5 Å². The normalized spacial score (nSPS) is 14.3. The summed E-state index contributed by atoms with van der Waals surface area (Å²) in [6.07, 6.45) is 2.63. The van der Waals surface area contributed by atoms with Crippen LogP contribution in [0.15, 0.2) is 22.6 Å². The van der Waals surface area contributed by atoms with Crippen molar-refractivity contribution in [1.29, 1.82) is 0 Å². The van der Waals surface area contributed by atoms with Crippen LogP contribution in [0.1, 0.15) is 58.3 Å². The van der Waals surface area contributed by atoms with E-state index in [0.717, 1.165) is 29.8 Å². The molecular formula is C19H25N3O4. The number of ether oxygens (including phenoxy) is 1. The van der Waals surface area contributed by atoms with Crippen LogP contribution in [-0.4, -0.2) is 29.1 Å². The molecule has 0 bridgehead atoms. The van der Waals surface area contributed by atoms with Gasteiger partial charge in [0, 0.05) is 24.6 Å². The van der Waals surface area contributed by atoms with Gasteiger partial charge in [-0.2, -0.15) is 0 Å². The van der Waals surface area contributed by atoms with Gasteiger partial charge in [0.1, 0.15) is 11.1 Å². The molecule has 0 radical (unpaired) electrons.